The molecule has 2 bridgehead atoms. The van der Waals surface area contributed by atoms with Gasteiger partial charge in [-0.25, -0.2) is 0 Å². The molecule has 1 saturated carbocycles. The van der Waals surface area contributed by atoms with Crippen LogP contribution in [0, 0.1) is 11.8 Å². The fraction of sp³-hybridized carbons (Fsp3) is 0.733. The Labute approximate surface area is 103 Å². The van der Waals surface area contributed by atoms with Crippen LogP contribution in [0.15, 0.2) is 22.8 Å². The molecule has 2 heteroatoms. The molecular formula is C15H22O2. The van der Waals surface area contributed by atoms with Crippen LogP contribution in [-0.4, -0.2) is 16.5 Å². The fourth-order valence-electron chi connectivity index (χ4n) is 4.18. The Morgan fingerprint density at radius 2 is 2.12 bits per heavy atom. The Morgan fingerprint density at radius 3 is 2.76 bits per heavy atom. The minimum atomic E-state index is -1.11. The number of ether oxygens (including phenoxy) is 1. The minimum absolute atomic E-state index is 0.125. The third-order valence-electron chi connectivity index (χ3n) is 5.12. The van der Waals surface area contributed by atoms with Gasteiger partial charge in [0.25, 0.3) is 0 Å². The van der Waals surface area contributed by atoms with Crippen LogP contribution >= 0.6 is 0 Å². The molecule has 0 aromatic carbocycles. The fourth-order valence-corrected chi connectivity index (χ4v) is 4.18. The zero-order valence-electron chi connectivity index (χ0n) is 11.2. The lowest BCUT2D eigenvalue weighted by Crippen LogP contribution is -2.45. The van der Waals surface area contributed by atoms with Crippen LogP contribution < -0.4 is 0 Å². The molecule has 1 spiro atoms. The topological polar surface area (TPSA) is 29.5 Å². The standard InChI is InChI=1S/C15H22O2/c1-9(2)13-8-14-11(4)5-6-12(14)10(3)7-15(13,16)17-14/h7,11-12,16H,5-6,8H2,1-4H3/t11-,12-,14-,15-/m0/s1. The van der Waals surface area contributed by atoms with Gasteiger partial charge < -0.3 is 9.84 Å². The van der Waals surface area contributed by atoms with Gasteiger partial charge in [0.1, 0.15) is 0 Å². The predicted octanol–water partition coefficient (Wildman–Crippen LogP) is 3.18. The minimum Gasteiger partial charge on any atom is -0.359 e. The third-order valence-corrected chi connectivity index (χ3v) is 5.12. The molecule has 0 unspecified atom stereocenters. The average Bonchev–Trinajstić information content (AvgIpc) is 2.65. The Morgan fingerprint density at radius 1 is 1.41 bits per heavy atom. The second-order valence-corrected chi connectivity index (χ2v) is 6.33. The Bertz CT molecular complexity index is 430. The van der Waals surface area contributed by atoms with Crippen LogP contribution in [0.2, 0.25) is 0 Å². The molecule has 2 fully saturated rings. The number of hydrogen-bond donors (Lipinski definition) is 1. The lowest BCUT2D eigenvalue weighted by atomic mass is 9.79. The van der Waals surface area contributed by atoms with Gasteiger partial charge in [0, 0.05) is 12.3 Å². The van der Waals surface area contributed by atoms with Gasteiger partial charge in [0.2, 0.25) is 5.79 Å². The summed E-state index contributed by atoms with van der Waals surface area (Å²) in [7, 11) is 0. The van der Waals surface area contributed by atoms with E-state index >= 15 is 0 Å². The van der Waals surface area contributed by atoms with Crippen molar-refractivity contribution in [2.75, 3.05) is 0 Å². The first-order chi connectivity index (χ1) is 7.89. The summed E-state index contributed by atoms with van der Waals surface area (Å²) in [6, 6.07) is 0. The maximum atomic E-state index is 10.7. The molecule has 0 radical (unpaired) electrons. The molecule has 0 aromatic rings. The number of aliphatic hydroxyl groups is 1. The quantitative estimate of drug-likeness (QED) is 0.652. The summed E-state index contributed by atoms with van der Waals surface area (Å²) in [5, 5.41) is 10.7. The smallest absolute Gasteiger partial charge is 0.209 e. The molecule has 17 heavy (non-hydrogen) atoms. The van der Waals surface area contributed by atoms with Crippen LogP contribution in [0.25, 0.3) is 0 Å². The molecule has 0 amide bonds. The lowest BCUT2D eigenvalue weighted by Gasteiger charge is -2.40. The highest BCUT2D eigenvalue weighted by molar-refractivity contribution is 5.40. The largest absolute Gasteiger partial charge is 0.359 e. The molecule has 2 aliphatic heterocycles. The van der Waals surface area contributed by atoms with Crippen molar-refractivity contribution in [3.63, 3.8) is 0 Å². The van der Waals surface area contributed by atoms with Crippen molar-refractivity contribution in [3.8, 4) is 0 Å². The predicted molar refractivity (Wildman–Crippen MR) is 67.4 cm³/mol. The van der Waals surface area contributed by atoms with Crippen molar-refractivity contribution in [1.29, 1.82) is 0 Å². The second-order valence-electron chi connectivity index (χ2n) is 6.33. The highest BCUT2D eigenvalue weighted by atomic mass is 16.6. The van der Waals surface area contributed by atoms with E-state index < -0.39 is 5.79 Å². The Balaban J connectivity index is 2.18. The van der Waals surface area contributed by atoms with Gasteiger partial charge in [-0.15, -0.1) is 0 Å². The zero-order chi connectivity index (χ0) is 12.4. The molecule has 3 aliphatic rings. The first-order valence-corrected chi connectivity index (χ1v) is 6.68. The first-order valence-electron chi connectivity index (χ1n) is 6.68. The van der Waals surface area contributed by atoms with Crippen molar-refractivity contribution in [2.45, 2.75) is 58.3 Å². The maximum Gasteiger partial charge on any atom is 0.209 e. The molecule has 2 heterocycles. The van der Waals surface area contributed by atoms with E-state index in [-0.39, 0.29) is 5.60 Å². The normalized spacial score (nSPS) is 48.1. The van der Waals surface area contributed by atoms with Gasteiger partial charge in [-0.05, 0) is 51.2 Å². The van der Waals surface area contributed by atoms with Crippen LogP contribution in [-0.2, 0) is 4.74 Å². The molecule has 94 valence electrons. The zero-order valence-corrected chi connectivity index (χ0v) is 11.2. The van der Waals surface area contributed by atoms with Gasteiger partial charge in [-0.3, -0.25) is 0 Å². The average molecular weight is 234 g/mol. The molecule has 1 N–H and O–H groups in total. The lowest BCUT2D eigenvalue weighted by molar-refractivity contribution is -0.209. The Hall–Kier alpha value is -0.600. The van der Waals surface area contributed by atoms with E-state index in [4.69, 9.17) is 4.74 Å². The SMILES string of the molecule is CC1=C[C@]2(O)O[C@@]3(CC2=C(C)C)[C@@H](C)CC[C@@H]13. The highest BCUT2D eigenvalue weighted by Gasteiger charge is 2.62. The van der Waals surface area contributed by atoms with E-state index in [1.165, 1.54) is 24.0 Å². The van der Waals surface area contributed by atoms with Gasteiger partial charge >= 0.3 is 0 Å². The van der Waals surface area contributed by atoms with Crippen LogP contribution in [0.1, 0.15) is 47.0 Å². The summed E-state index contributed by atoms with van der Waals surface area (Å²) in [5.74, 6) is -0.0629. The summed E-state index contributed by atoms with van der Waals surface area (Å²) in [6.45, 7) is 8.57. The van der Waals surface area contributed by atoms with E-state index in [2.05, 4.69) is 27.7 Å². The number of fused-ring (bicyclic) bond motifs is 1. The second kappa shape index (κ2) is 3.24. The Kier molecular flexibility index (Phi) is 2.19. The number of allylic oxidation sites excluding steroid dienone is 1. The van der Waals surface area contributed by atoms with Crippen molar-refractivity contribution in [3.05, 3.63) is 22.8 Å². The van der Waals surface area contributed by atoms with Crippen molar-refractivity contribution in [2.24, 2.45) is 11.8 Å². The summed E-state index contributed by atoms with van der Waals surface area (Å²) in [6.07, 6.45) is 5.27. The number of hydrogen-bond acceptors (Lipinski definition) is 2. The van der Waals surface area contributed by atoms with Crippen LogP contribution in [0.4, 0.5) is 0 Å². The van der Waals surface area contributed by atoms with Crippen molar-refractivity contribution >= 4 is 0 Å². The van der Waals surface area contributed by atoms with E-state index in [1.807, 2.05) is 6.08 Å². The third kappa shape index (κ3) is 1.28. The van der Waals surface area contributed by atoms with Crippen LogP contribution in [0.3, 0.4) is 0 Å². The van der Waals surface area contributed by atoms with Crippen molar-refractivity contribution < 1.29 is 9.84 Å². The molecule has 1 saturated heterocycles. The van der Waals surface area contributed by atoms with Gasteiger partial charge in [-0.1, -0.05) is 18.1 Å². The summed E-state index contributed by atoms with van der Waals surface area (Å²) < 4.78 is 6.17. The molecule has 2 nitrogen and oxygen atoms in total. The summed E-state index contributed by atoms with van der Waals surface area (Å²) in [4.78, 5) is 0. The van der Waals surface area contributed by atoms with E-state index in [1.54, 1.807) is 0 Å². The molecule has 1 aliphatic carbocycles. The monoisotopic (exact) mass is 234 g/mol. The molecule has 4 atom stereocenters. The number of rotatable bonds is 0. The molecule has 3 rings (SSSR count). The molecular weight excluding hydrogens is 212 g/mol. The first kappa shape index (κ1) is 11.5. The van der Waals surface area contributed by atoms with Crippen LogP contribution in [0.5, 0.6) is 0 Å². The van der Waals surface area contributed by atoms with E-state index in [0.717, 1.165) is 12.0 Å². The van der Waals surface area contributed by atoms with Gasteiger partial charge in [0.05, 0.1) is 5.60 Å². The van der Waals surface area contributed by atoms with E-state index in [9.17, 15) is 5.11 Å². The van der Waals surface area contributed by atoms with Crippen molar-refractivity contribution in [1.82, 2.24) is 0 Å². The van der Waals surface area contributed by atoms with Gasteiger partial charge in [0.15, 0.2) is 0 Å². The summed E-state index contributed by atoms with van der Waals surface area (Å²) in [5.41, 5.74) is 3.49. The maximum absolute atomic E-state index is 10.7. The van der Waals surface area contributed by atoms with E-state index in [0.29, 0.717) is 11.8 Å². The summed E-state index contributed by atoms with van der Waals surface area (Å²) >= 11 is 0. The molecule has 0 aromatic heterocycles. The highest BCUT2D eigenvalue weighted by Crippen LogP contribution is 2.60. The van der Waals surface area contributed by atoms with Gasteiger partial charge in [-0.2, -0.15) is 0 Å².